The predicted octanol–water partition coefficient (Wildman–Crippen LogP) is 5.53. The average Bonchev–Trinajstić information content (AvgIpc) is 3.00. The van der Waals surface area contributed by atoms with Crippen LogP contribution in [0.3, 0.4) is 0 Å². The van der Waals surface area contributed by atoms with Gasteiger partial charge in [-0.1, -0.05) is 15.9 Å². The number of nitrogens with one attached hydrogen (secondary N) is 1. The van der Waals surface area contributed by atoms with E-state index >= 15 is 0 Å². The van der Waals surface area contributed by atoms with Crippen molar-refractivity contribution in [3.63, 3.8) is 0 Å². The Morgan fingerprint density at radius 3 is 2.53 bits per heavy atom. The van der Waals surface area contributed by atoms with Gasteiger partial charge in [-0.2, -0.15) is 18.3 Å². The number of alkyl halides is 3. The van der Waals surface area contributed by atoms with Crippen molar-refractivity contribution in [3.05, 3.63) is 81.5 Å². The molecule has 0 atom stereocenters. The van der Waals surface area contributed by atoms with Gasteiger partial charge in [-0.3, -0.25) is 14.5 Å². The highest BCUT2D eigenvalue weighted by Crippen LogP contribution is 2.32. The Balaban J connectivity index is 1.72. The number of hydrogen-bond donors (Lipinski definition) is 1. The summed E-state index contributed by atoms with van der Waals surface area (Å²) in [5.41, 5.74) is 1.50. The molecule has 32 heavy (non-hydrogen) atoms. The normalized spacial score (nSPS) is 11.7. The Hall–Kier alpha value is -3.27. The monoisotopic (exact) mass is 503 g/mol. The molecule has 3 aromatic heterocycles. The summed E-state index contributed by atoms with van der Waals surface area (Å²) in [5, 5.41) is 7.52. The molecule has 0 fully saturated rings. The number of hydrogen-bond acceptors (Lipinski definition) is 4. The van der Waals surface area contributed by atoms with E-state index in [-0.39, 0.29) is 11.1 Å². The fourth-order valence-electron chi connectivity index (χ4n) is 3.40. The van der Waals surface area contributed by atoms with Gasteiger partial charge in [-0.15, -0.1) is 0 Å². The lowest BCUT2D eigenvalue weighted by Crippen LogP contribution is -2.17. The van der Waals surface area contributed by atoms with Crippen LogP contribution in [0, 0.1) is 13.8 Å². The number of anilines is 1. The number of halogens is 4. The van der Waals surface area contributed by atoms with Crippen LogP contribution in [0.5, 0.6) is 0 Å². The van der Waals surface area contributed by atoms with Gasteiger partial charge in [0.25, 0.3) is 5.91 Å². The van der Waals surface area contributed by atoms with Crippen LogP contribution in [0.25, 0.3) is 10.9 Å². The zero-order valence-corrected chi connectivity index (χ0v) is 18.6. The maximum Gasteiger partial charge on any atom is 0.433 e. The van der Waals surface area contributed by atoms with E-state index in [1.165, 1.54) is 6.07 Å². The first-order chi connectivity index (χ1) is 15.1. The summed E-state index contributed by atoms with van der Waals surface area (Å²) < 4.78 is 42.5. The molecule has 164 valence electrons. The molecule has 0 unspecified atom stereocenters. The Morgan fingerprint density at radius 1 is 1.12 bits per heavy atom. The Morgan fingerprint density at radius 2 is 1.84 bits per heavy atom. The van der Waals surface area contributed by atoms with Crippen molar-refractivity contribution in [1.82, 2.24) is 19.7 Å². The summed E-state index contributed by atoms with van der Waals surface area (Å²) in [7, 11) is 0. The minimum absolute atomic E-state index is 0.0787. The highest BCUT2D eigenvalue weighted by molar-refractivity contribution is 9.10. The second kappa shape index (κ2) is 8.34. The minimum Gasteiger partial charge on any atom is -0.319 e. The molecule has 0 spiro atoms. The maximum atomic E-state index is 13.4. The van der Waals surface area contributed by atoms with Crippen molar-refractivity contribution in [2.45, 2.75) is 26.6 Å². The number of pyridine rings is 2. The number of carbonyl (C=O) groups excluding carboxylic acids is 1. The molecule has 1 aromatic carbocycles. The Labute approximate surface area is 189 Å². The molecule has 0 bridgehead atoms. The van der Waals surface area contributed by atoms with Crippen LogP contribution in [-0.4, -0.2) is 25.7 Å². The second-order valence-electron chi connectivity index (χ2n) is 7.23. The minimum atomic E-state index is -4.68. The first-order valence-corrected chi connectivity index (χ1v) is 10.3. The van der Waals surface area contributed by atoms with Gasteiger partial charge in [0, 0.05) is 22.3 Å². The van der Waals surface area contributed by atoms with Crippen LogP contribution in [0.4, 0.5) is 18.9 Å². The van der Waals surface area contributed by atoms with E-state index in [4.69, 9.17) is 0 Å². The molecule has 1 N–H and O–H groups in total. The van der Waals surface area contributed by atoms with Crippen molar-refractivity contribution >= 4 is 38.4 Å². The molecular formula is C22H17BrF3N5O. The number of carbonyl (C=O) groups is 1. The van der Waals surface area contributed by atoms with E-state index in [0.717, 1.165) is 11.6 Å². The van der Waals surface area contributed by atoms with E-state index in [1.807, 2.05) is 12.1 Å². The largest absolute Gasteiger partial charge is 0.433 e. The number of rotatable bonds is 4. The highest BCUT2D eigenvalue weighted by Gasteiger charge is 2.34. The van der Waals surface area contributed by atoms with Crippen LogP contribution in [0.1, 0.15) is 33.0 Å². The smallest absolute Gasteiger partial charge is 0.319 e. The molecule has 10 heteroatoms. The molecule has 0 radical (unpaired) electrons. The molecule has 0 aliphatic heterocycles. The van der Waals surface area contributed by atoms with E-state index in [1.54, 1.807) is 43.1 Å². The van der Waals surface area contributed by atoms with Gasteiger partial charge in [-0.25, -0.2) is 4.98 Å². The number of nitrogens with zero attached hydrogens (tertiary/aromatic N) is 4. The number of aromatic nitrogens is 4. The maximum absolute atomic E-state index is 13.4. The molecule has 0 aliphatic rings. The molecule has 0 aliphatic carbocycles. The topological polar surface area (TPSA) is 72.7 Å². The van der Waals surface area contributed by atoms with Crippen LogP contribution in [0.2, 0.25) is 0 Å². The van der Waals surface area contributed by atoms with Crippen LogP contribution < -0.4 is 5.32 Å². The van der Waals surface area contributed by atoms with Gasteiger partial charge in [0.2, 0.25) is 0 Å². The molecular weight excluding hydrogens is 487 g/mol. The quantitative estimate of drug-likeness (QED) is 0.397. The van der Waals surface area contributed by atoms with Crippen LogP contribution >= 0.6 is 15.9 Å². The first kappa shape index (κ1) is 21.9. The van der Waals surface area contributed by atoms with Crippen molar-refractivity contribution in [2.24, 2.45) is 0 Å². The number of fused-ring (bicyclic) bond motifs is 1. The number of benzene rings is 1. The Kier molecular flexibility index (Phi) is 5.72. The molecule has 3 heterocycles. The van der Waals surface area contributed by atoms with Crippen molar-refractivity contribution in [3.8, 4) is 0 Å². The third kappa shape index (κ3) is 4.36. The highest BCUT2D eigenvalue weighted by atomic mass is 79.9. The molecule has 0 saturated heterocycles. The van der Waals surface area contributed by atoms with Gasteiger partial charge in [0.15, 0.2) is 0 Å². The molecule has 6 nitrogen and oxygen atoms in total. The summed E-state index contributed by atoms with van der Waals surface area (Å²) in [6.45, 7) is 3.99. The summed E-state index contributed by atoms with van der Waals surface area (Å²) >= 11 is 3.30. The van der Waals surface area contributed by atoms with E-state index in [0.29, 0.717) is 33.5 Å². The second-order valence-corrected chi connectivity index (χ2v) is 8.14. The van der Waals surface area contributed by atoms with Gasteiger partial charge >= 0.3 is 6.18 Å². The summed E-state index contributed by atoms with van der Waals surface area (Å²) in [6.07, 6.45) is -1.33. The lowest BCUT2D eigenvalue weighted by atomic mass is 10.1. The SMILES string of the molecule is Cc1nn(Cc2ccncc2)c(C)c1NC(=O)c1cc(C(F)(F)F)nc2ccc(Br)cc12. The Bertz CT molecular complexity index is 1320. The number of amides is 1. The van der Waals surface area contributed by atoms with E-state index < -0.39 is 17.8 Å². The van der Waals surface area contributed by atoms with Gasteiger partial charge in [-0.05, 0) is 55.8 Å². The van der Waals surface area contributed by atoms with Gasteiger partial charge < -0.3 is 5.32 Å². The fraction of sp³-hybridized carbons (Fsp3) is 0.182. The number of aryl methyl sites for hydroxylation is 1. The first-order valence-electron chi connectivity index (χ1n) is 9.55. The molecule has 1 amide bonds. The third-order valence-corrected chi connectivity index (χ3v) is 5.50. The molecule has 4 aromatic rings. The molecule has 4 rings (SSSR count). The summed E-state index contributed by atoms with van der Waals surface area (Å²) in [5.74, 6) is -0.671. The lowest BCUT2D eigenvalue weighted by Gasteiger charge is -2.13. The van der Waals surface area contributed by atoms with Crippen molar-refractivity contribution < 1.29 is 18.0 Å². The zero-order chi connectivity index (χ0) is 23.0. The zero-order valence-electron chi connectivity index (χ0n) is 17.0. The van der Waals surface area contributed by atoms with Crippen molar-refractivity contribution in [1.29, 1.82) is 0 Å². The predicted molar refractivity (Wildman–Crippen MR) is 117 cm³/mol. The summed E-state index contributed by atoms with van der Waals surface area (Å²) in [6, 6.07) is 9.08. The lowest BCUT2D eigenvalue weighted by molar-refractivity contribution is -0.140. The van der Waals surface area contributed by atoms with Gasteiger partial charge in [0.05, 0.1) is 34.7 Å². The van der Waals surface area contributed by atoms with Crippen LogP contribution in [-0.2, 0) is 12.7 Å². The third-order valence-electron chi connectivity index (χ3n) is 5.01. The fourth-order valence-corrected chi connectivity index (χ4v) is 3.77. The van der Waals surface area contributed by atoms with Crippen LogP contribution in [0.15, 0.2) is 53.3 Å². The molecule has 0 saturated carbocycles. The summed E-state index contributed by atoms with van der Waals surface area (Å²) in [4.78, 5) is 20.8. The van der Waals surface area contributed by atoms with E-state index in [2.05, 4.69) is 36.3 Å². The van der Waals surface area contributed by atoms with Gasteiger partial charge in [0.1, 0.15) is 5.69 Å². The van der Waals surface area contributed by atoms with E-state index in [9.17, 15) is 18.0 Å². The standard InChI is InChI=1S/C22H17BrF3N5O/c1-12-20(13(2)31(30-12)11-14-5-7-27-8-6-14)29-21(32)17-10-19(22(24,25)26)28-18-4-3-15(23)9-16(17)18/h3-10H,11H2,1-2H3,(H,29,32). The van der Waals surface area contributed by atoms with Crippen molar-refractivity contribution in [2.75, 3.05) is 5.32 Å². The average molecular weight is 504 g/mol.